The number of esters is 1. The first-order chi connectivity index (χ1) is 7.94. The summed E-state index contributed by atoms with van der Waals surface area (Å²) in [5.41, 5.74) is 5.75. The number of thiophene rings is 1. The van der Waals surface area contributed by atoms with Crippen LogP contribution in [0.4, 0.5) is 0 Å². The molecule has 0 atom stereocenters. The van der Waals surface area contributed by atoms with E-state index in [-0.39, 0.29) is 35.3 Å². The molecule has 3 N–H and O–H groups in total. The Bertz CT molecular complexity index is 513. The number of rotatable bonds is 5. The van der Waals surface area contributed by atoms with Crippen molar-refractivity contribution in [3.63, 3.8) is 0 Å². The van der Waals surface area contributed by atoms with E-state index < -0.39 is 16.0 Å². The van der Waals surface area contributed by atoms with Crippen LogP contribution in [0.2, 0.25) is 0 Å². The maximum atomic E-state index is 11.9. The molecule has 9 heteroatoms. The zero-order valence-electron chi connectivity index (χ0n) is 9.93. The number of carbonyl (C=O) groups is 1. The number of aryl methyl sites for hydroxylation is 1. The number of halogens is 1. The van der Waals surface area contributed by atoms with Crippen molar-refractivity contribution in [2.75, 3.05) is 20.2 Å². The van der Waals surface area contributed by atoms with Gasteiger partial charge in [-0.05, 0) is 17.9 Å². The van der Waals surface area contributed by atoms with Crippen molar-refractivity contribution in [3.05, 3.63) is 15.8 Å². The molecule has 1 aromatic heterocycles. The van der Waals surface area contributed by atoms with Crippen molar-refractivity contribution in [1.82, 2.24) is 4.72 Å². The van der Waals surface area contributed by atoms with Crippen LogP contribution >= 0.6 is 23.7 Å². The van der Waals surface area contributed by atoms with Crippen LogP contribution < -0.4 is 10.5 Å². The fourth-order valence-electron chi connectivity index (χ4n) is 1.27. The van der Waals surface area contributed by atoms with E-state index in [0.717, 1.165) is 11.3 Å². The number of methoxy groups -OCH3 is 1. The number of nitrogens with one attached hydrogen (secondary N) is 1. The third-order valence-corrected chi connectivity index (χ3v) is 4.85. The van der Waals surface area contributed by atoms with E-state index >= 15 is 0 Å². The lowest BCUT2D eigenvalue weighted by Crippen LogP contribution is -2.30. The minimum absolute atomic E-state index is 0. The van der Waals surface area contributed by atoms with Gasteiger partial charge in [-0.25, -0.2) is 17.9 Å². The summed E-state index contributed by atoms with van der Waals surface area (Å²) < 4.78 is 30.8. The monoisotopic (exact) mass is 314 g/mol. The molecule has 0 spiro atoms. The van der Waals surface area contributed by atoms with Crippen molar-refractivity contribution in [2.45, 2.75) is 11.8 Å². The van der Waals surface area contributed by atoms with Gasteiger partial charge in [-0.1, -0.05) is 0 Å². The molecule has 0 saturated carbocycles. The molecule has 0 saturated heterocycles. The van der Waals surface area contributed by atoms with Crippen LogP contribution in [0, 0.1) is 6.92 Å². The van der Waals surface area contributed by atoms with Gasteiger partial charge in [-0.15, -0.1) is 23.7 Å². The molecule has 0 aromatic carbocycles. The van der Waals surface area contributed by atoms with Crippen LogP contribution in [0.25, 0.3) is 0 Å². The summed E-state index contributed by atoms with van der Waals surface area (Å²) in [7, 11) is -2.51. The van der Waals surface area contributed by atoms with Crippen LogP contribution in [0.1, 0.15) is 15.2 Å². The van der Waals surface area contributed by atoms with Crippen LogP contribution in [-0.2, 0) is 14.8 Å². The average Bonchev–Trinajstić information content (AvgIpc) is 2.68. The summed E-state index contributed by atoms with van der Waals surface area (Å²) >= 11 is 1.04. The predicted octanol–water partition coefficient (Wildman–Crippen LogP) is 0.502. The number of carbonyl (C=O) groups excluding carboxylic acids is 1. The lowest BCUT2D eigenvalue weighted by molar-refractivity contribution is 0.0602. The molecule has 1 rings (SSSR count). The normalized spacial score (nSPS) is 10.8. The summed E-state index contributed by atoms with van der Waals surface area (Å²) in [6.45, 7) is 1.94. The Balaban J connectivity index is 0.00000289. The molecule has 18 heavy (non-hydrogen) atoms. The van der Waals surface area contributed by atoms with Gasteiger partial charge in [0.1, 0.15) is 9.77 Å². The first-order valence-electron chi connectivity index (χ1n) is 4.80. The van der Waals surface area contributed by atoms with Gasteiger partial charge in [0.2, 0.25) is 10.0 Å². The first kappa shape index (κ1) is 17.3. The maximum absolute atomic E-state index is 11.9. The van der Waals surface area contributed by atoms with E-state index in [2.05, 4.69) is 9.46 Å². The Kier molecular flexibility index (Phi) is 6.79. The highest BCUT2D eigenvalue weighted by Crippen LogP contribution is 2.27. The quantitative estimate of drug-likeness (QED) is 0.771. The van der Waals surface area contributed by atoms with E-state index in [1.165, 1.54) is 7.11 Å². The molecule has 6 nitrogen and oxygen atoms in total. The van der Waals surface area contributed by atoms with E-state index in [0.29, 0.717) is 5.56 Å². The van der Waals surface area contributed by atoms with Gasteiger partial charge < -0.3 is 10.5 Å². The molecule has 1 heterocycles. The van der Waals surface area contributed by atoms with Gasteiger partial charge in [0.15, 0.2) is 0 Å². The Morgan fingerprint density at radius 1 is 1.56 bits per heavy atom. The summed E-state index contributed by atoms with van der Waals surface area (Å²) in [6.07, 6.45) is 0. The molecular formula is C9H15ClN2O4S2. The summed E-state index contributed by atoms with van der Waals surface area (Å²) in [5, 5.41) is 1.60. The van der Waals surface area contributed by atoms with E-state index in [9.17, 15) is 13.2 Å². The van der Waals surface area contributed by atoms with Crippen molar-refractivity contribution in [1.29, 1.82) is 0 Å². The number of ether oxygens (including phenoxy) is 1. The molecular weight excluding hydrogens is 300 g/mol. The lowest BCUT2D eigenvalue weighted by atomic mass is 10.3. The fraction of sp³-hybridized carbons (Fsp3) is 0.444. The standard InChI is InChI=1S/C9H14N2O4S2.ClH/c1-6-5-16-7(9(12)15-2)8(6)17(13,14)11-4-3-10;/h5,11H,3-4,10H2,1-2H3;1H. The largest absolute Gasteiger partial charge is 0.465 e. The number of nitrogens with two attached hydrogens (primary N) is 1. The smallest absolute Gasteiger partial charge is 0.349 e. The molecule has 0 unspecified atom stereocenters. The second kappa shape index (κ2) is 7.05. The van der Waals surface area contributed by atoms with Crippen molar-refractivity contribution >= 4 is 39.7 Å². The fourth-order valence-corrected chi connectivity index (χ4v) is 4.02. The molecule has 0 aliphatic rings. The third-order valence-electron chi connectivity index (χ3n) is 1.99. The number of sulfonamides is 1. The van der Waals surface area contributed by atoms with Gasteiger partial charge in [0, 0.05) is 13.1 Å². The van der Waals surface area contributed by atoms with Gasteiger partial charge in [0.05, 0.1) is 7.11 Å². The van der Waals surface area contributed by atoms with Gasteiger partial charge >= 0.3 is 5.97 Å². The van der Waals surface area contributed by atoms with Gasteiger partial charge in [-0.2, -0.15) is 0 Å². The SMILES string of the molecule is COC(=O)c1scc(C)c1S(=O)(=O)NCCN.Cl. The molecule has 1 aromatic rings. The third kappa shape index (κ3) is 3.66. The summed E-state index contributed by atoms with van der Waals surface area (Å²) in [5.74, 6) is -0.656. The Hall–Kier alpha value is -0.670. The van der Waals surface area contributed by atoms with Crippen LogP contribution in [0.15, 0.2) is 10.3 Å². The van der Waals surface area contributed by atoms with E-state index in [1.807, 2.05) is 0 Å². The highest BCUT2D eigenvalue weighted by molar-refractivity contribution is 7.89. The highest BCUT2D eigenvalue weighted by atomic mass is 35.5. The number of hydrogen-bond donors (Lipinski definition) is 2. The topological polar surface area (TPSA) is 98.5 Å². The van der Waals surface area contributed by atoms with Gasteiger partial charge in [-0.3, -0.25) is 0 Å². The Labute approximate surface area is 116 Å². The Morgan fingerprint density at radius 3 is 2.67 bits per heavy atom. The zero-order chi connectivity index (χ0) is 13.1. The molecule has 0 amide bonds. The molecule has 104 valence electrons. The minimum Gasteiger partial charge on any atom is -0.465 e. The molecule has 0 radical (unpaired) electrons. The predicted molar refractivity (Wildman–Crippen MR) is 71.9 cm³/mol. The zero-order valence-corrected chi connectivity index (χ0v) is 12.4. The van der Waals surface area contributed by atoms with Gasteiger partial charge in [0.25, 0.3) is 0 Å². The first-order valence-corrected chi connectivity index (χ1v) is 7.16. The van der Waals surface area contributed by atoms with Crippen molar-refractivity contribution in [2.24, 2.45) is 5.73 Å². The lowest BCUT2D eigenvalue weighted by Gasteiger charge is -2.07. The van der Waals surface area contributed by atoms with Crippen LogP contribution in [-0.4, -0.2) is 34.6 Å². The highest BCUT2D eigenvalue weighted by Gasteiger charge is 2.26. The summed E-state index contributed by atoms with van der Waals surface area (Å²) in [4.78, 5) is 11.5. The second-order valence-electron chi connectivity index (χ2n) is 3.25. The molecule has 0 fully saturated rings. The maximum Gasteiger partial charge on any atom is 0.349 e. The van der Waals surface area contributed by atoms with E-state index in [4.69, 9.17) is 5.73 Å². The molecule has 0 aliphatic heterocycles. The van der Waals surface area contributed by atoms with E-state index in [1.54, 1.807) is 12.3 Å². The number of hydrogen-bond acceptors (Lipinski definition) is 6. The molecule has 0 aliphatic carbocycles. The second-order valence-corrected chi connectivity index (χ2v) is 5.84. The Morgan fingerprint density at radius 2 is 2.17 bits per heavy atom. The van der Waals surface area contributed by atoms with Crippen molar-refractivity contribution < 1.29 is 17.9 Å². The van der Waals surface area contributed by atoms with Crippen LogP contribution in [0.3, 0.4) is 0 Å². The van der Waals surface area contributed by atoms with Crippen LogP contribution in [0.5, 0.6) is 0 Å². The molecule has 0 bridgehead atoms. The summed E-state index contributed by atoms with van der Waals surface area (Å²) in [6, 6.07) is 0. The average molecular weight is 315 g/mol. The minimum atomic E-state index is -3.72. The van der Waals surface area contributed by atoms with Crippen molar-refractivity contribution in [3.8, 4) is 0 Å².